The molecule has 0 saturated carbocycles. The first kappa shape index (κ1) is 12.9. The maximum Gasteiger partial charge on any atom is 0.241 e. The van der Waals surface area contributed by atoms with E-state index in [9.17, 15) is 4.79 Å². The number of benzene rings is 1. The van der Waals surface area contributed by atoms with Crippen LogP contribution < -0.4 is 10.6 Å². The van der Waals surface area contributed by atoms with E-state index in [2.05, 4.69) is 10.6 Å². The van der Waals surface area contributed by atoms with Crippen molar-refractivity contribution in [1.82, 2.24) is 5.32 Å². The maximum atomic E-state index is 12.0. The van der Waals surface area contributed by atoms with Gasteiger partial charge in [-0.1, -0.05) is 18.0 Å². The zero-order chi connectivity index (χ0) is 13.0. The van der Waals surface area contributed by atoms with Crippen LogP contribution in [0.4, 0.5) is 5.69 Å². The van der Waals surface area contributed by atoms with Gasteiger partial charge in [-0.2, -0.15) is 5.26 Å². The number of amides is 1. The fourth-order valence-corrected chi connectivity index (χ4v) is 2.21. The molecule has 1 amide bonds. The second-order valence-corrected chi connectivity index (χ2v) is 4.71. The van der Waals surface area contributed by atoms with E-state index in [1.807, 2.05) is 6.07 Å². The van der Waals surface area contributed by atoms with Crippen molar-refractivity contribution in [2.24, 2.45) is 0 Å². The second kappa shape index (κ2) is 5.85. The Hall–Kier alpha value is -1.57. The van der Waals surface area contributed by atoms with E-state index in [1.54, 1.807) is 18.2 Å². The highest BCUT2D eigenvalue weighted by atomic mass is 35.5. The summed E-state index contributed by atoms with van der Waals surface area (Å²) >= 11 is 6.00. The number of carbonyl (C=O) groups is 1. The van der Waals surface area contributed by atoms with Crippen LogP contribution in [0.3, 0.4) is 0 Å². The number of nitrogens with zero attached hydrogens (tertiary/aromatic N) is 1. The Balaban J connectivity index is 2.04. The summed E-state index contributed by atoms with van der Waals surface area (Å²) in [5, 5.41) is 15.1. The van der Waals surface area contributed by atoms with Crippen molar-refractivity contribution in [2.75, 3.05) is 11.9 Å². The Labute approximate surface area is 111 Å². The van der Waals surface area contributed by atoms with E-state index in [4.69, 9.17) is 16.9 Å². The van der Waals surface area contributed by atoms with Crippen LogP contribution in [-0.2, 0) is 4.79 Å². The van der Waals surface area contributed by atoms with Crippen molar-refractivity contribution in [3.8, 4) is 6.07 Å². The molecule has 1 aromatic carbocycles. The molecule has 0 spiro atoms. The molecule has 1 saturated heterocycles. The quantitative estimate of drug-likeness (QED) is 0.860. The Morgan fingerprint density at radius 2 is 2.33 bits per heavy atom. The van der Waals surface area contributed by atoms with Crippen LogP contribution in [-0.4, -0.2) is 18.5 Å². The highest BCUT2D eigenvalue weighted by Crippen LogP contribution is 2.23. The first-order valence-corrected chi connectivity index (χ1v) is 6.32. The van der Waals surface area contributed by atoms with E-state index in [-0.39, 0.29) is 11.9 Å². The molecule has 1 atom stereocenters. The molecule has 0 bridgehead atoms. The van der Waals surface area contributed by atoms with Gasteiger partial charge in [0.05, 0.1) is 28.4 Å². The molecule has 1 aromatic rings. The third-order valence-electron chi connectivity index (χ3n) is 2.98. The van der Waals surface area contributed by atoms with E-state index in [0.29, 0.717) is 16.3 Å². The topological polar surface area (TPSA) is 64.9 Å². The molecule has 94 valence electrons. The lowest BCUT2D eigenvalue weighted by atomic mass is 10.0. The Bertz CT molecular complexity index is 489. The van der Waals surface area contributed by atoms with Gasteiger partial charge in [0.15, 0.2) is 0 Å². The van der Waals surface area contributed by atoms with Crippen molar-refractivity contribution in [3.05, 3.63) is 28.8 Å². The zero-order valence-electron chi connectivity index (χ0n) is 9.87. The van der Waals surface area contributed by atoms with Crippen molar-refractivity contribution in [2.45, 2.75) is 25.3 Å². The number of nitriles is 1. The van der Waals surface area contributed by atoms with Crippen LogP contribution in [0.1, 0.15) is 24.8 Å². The van der Waals surface area contributed by atoms with E-state index in [0.717, 1.165) is 25.8 Å². The summed E-state index contributed by atoms with van der Waals surface area (Å²) in [6.45, 7) is 0.874. The number of rotatable bonds is 2. The predicted molar refractivity (Wildman–Crippen MR) is 70.4 cm³/mol. The van der Waals surface area contributed by atoms with E-state index < -0.39 is 0 Å². The normalized spacial score (nSPS) is 19.0. The van der Waals surface area contributed by atoms with Gasteiger partial charge in [-0.15, -0.1) is 0 Å². The molecule has 0 aromatic heterocycles. The predicted octanol–water partition coefficient (Wildman–Crippen LogP) is 2.29. The number of halogens is 1. The van der Waals surface area contributed by atoms with Gasteiger partial charge >= 0.3 is 0 Å². The molecule has 0 radical (unpaired) electrons. The van der Waals surface area contributed by atoms with Gasteiger partial charge in [0.25, 0.3) is 0 Å². The smallest absolute Gasteiger partial charge is 0.241 e. The standard InChI is InChI=1S/C13H14ClN3O/c14-10-7-9(8-15)4-5-11(10)17-13(18)12-3-1-2-6-16-12/h4-5,7,12,16H,1-3,6H2,(H,17,18). The summed E-state index contributed by atoms with van der Waals surface area (Å²) in [4.78, 5) is 12.0. The number of hydrogen-bond donors (Lipinski definition) is 2. The van der Waals surface area contributed by atoms with Crippen LogP contribution in [0.25, 0.3) is 0 Å². The van der Waals surface area contributed by atoms with Crippen LogP contribution in [0.2, 0.25) is 5.02 Å². The average molecular weight is 264 g/mol. The number of anilines is 1. The molecule has 5 heteroatoms. The van der Waals surface area contributed by atoms with Gasteiger partial charge in [-0.05, 0) is 37.6 Å². The lowest BCUT2D eigenvalue weighted by Gasteiger charge is -2.22. The van der Waals surface area contributed by atoms with Gasteiger partial charge in [-0.3, -0.25) is 4.79 Å². The maximum absolute atomic E-state index is 12.0. The third kappa shape index (κ3) is 3.00. The van der Waals surface area contributed by atoms with Crippen molar-refractivity contribution in [3.63, 3.8) is 0 Å². The summed E-state index contributed by atoms with van der Waals surface area (Å²) in [7, 11) is 0. The van der Waals surface area contributed by atoms with Crippen molar-refractivity contribution >= 4 is 23.2 Å². The Kier molecular flexibility index (Phi) is 4.19. The lowest BCUT2D eigenvalue weighted by Crippen LogP contribution is -2.43. The van der Waals surface area contributed by atoms with Gasteiger partial charge < -0.3 is 10.6 Å². The summed E-state index contributed by atoms with van der Waals surface area (Å²) in [6.07, 6.45) is 3.02. The van der Waals surface area contributed by atoms with Gasteiger partial charge in [0, 0.05) is 0 Å². The van der Waals surface area contributed by atoms with Gasteiger partial charge in [-0.25, -0.2) is 0 Å². The molecular weight excluding hydrogens is 250 g/mol. The monoisotopic (exact) mass is 263 g/mol. The molecule has 18 heavy (non-hydrogen) atoms. The van der Waals surface area contributed by atoms with Gasteiger partial charge in [0.1, 0.15) is 0 Å². The van der Waals surface area contributed by atoms with Crippen LogP contribution in [0.15, 0.2) is 18.2 Å². The van der Waals surface area contributed by atoms with Crippen LogP contribution >= 0.6 is 11.6 Å². The molecule has 4 nitrogen and oxygen atoms in total. The molecule has 1 unspecified atom stereocenters. The molecule has 1 fully saturated rings. The highest BCUT2D eigenvalue weighted by molar-refractivity contribution is 6.33. The number of hydrogen-bond acceptors (Lipinski definition) is 3. The minimum Gasteiger partial charge on any atom is -0.323 e. The fraction of sp³-hybridized carbons (Fsp3) is 0.385. The number of piperidine rings is 1. The molecule has 1 heterocycles. The molecule has 0 aliphatic carbocycles. The second-order valence-electron chi connectivity index (χ2n) is 4.30. The number of carbonyl (C=O) groups excluding carboxylic acids is 1. The molecular formula is C13H14ClN3O. The van der Waals surface area contributed by atoms with Crippen LogP contribution in [0.5, 0.6) is 0 Å². The summed E-state index contributed by atoms with van der Waals surface area (Å²) in [5.41, 5.74) is 1.03. The SMILES string of the molecule is N#Cc1ccc(NC(=O)C2CCCCN2)c(Cl)c1. The fourth-order valence-electron chi connectivity index (χ4n) is 1.98. The summed E-state index contributed by atoms with van der Waals surface area (Å²) in [6, 6.07) is 6.69. The molecule has 2 N–H and O–H groups in total. The third-order valence-corrected chi connectivity index (χ3v) is 3.30. The average Bonchev–Trinajstić information content (AvgIpc) is 2.42. The zero-order valence-corrected chi connectivity index (χ0v) is 10.6. The minimum atomic E-state index is -0.148. The molecule has 1 aliphatic rings. The van der Waals surface area contributed by atoms with Gasteiger partial charge in [0.2, 0.25) is 5.91 Å². The summed E-state index contributed by atoms with van der Waals surface area (Å²) in [5.74, 6) is -0.0682. The first-order valence-electron chi connectivity index (χ1n) is 5.94. The van der Waals surface area contributed by atoms with Crippen molar-refractivity contribution < 1.29 is 4.79 Å². The molecule has 2 rings (SSSR count). The first-order chi connectivity index (χ1) is 8.70. The van der Waals surface area contributed by atoms with Crippen molar-refractivity contribution in [1.29, 1.82) is 5.26 Å². The Morgan fingerprint density at radius 1 is 1.50 bits per heavy atom. The van der Waals surface area contributed by atoms with E-state index >= 15 is 0 Å². The van der Waals surface area contributed by atoms with Crippen LogP contribution in [0, 0.1) is 11.3 Å². The Morgan fingerprint density at radius 3 is 2.94 bits per heavy atom. The van der Waals surface area contributed by atoms with E-state index in [1.165, 1.54) is 0 Å². The lowest BCUT2D eigenvalue weighted by molar-refractivity contribution is -0.118. The largest absolute Gasteiger partial charge is 0.323 e. The highest BCUT2D eigenvalue weighted by Gasteiger charge is 2.20. The number of nitrogens with one attached hydrogen (secondary N) is 2. The summed E-state index contributed by atoms with van der Waals surface area (Å²) < 4.78 is 0. The molecule has 1 aliphatic heterocycles. The minimum absolute atomic E-state index is 0.0682.